The van der Waals surface area contributed by atoms with Gasteiger partial charge in [-0.15, -0.1) is 0 Å². The summed E-state index contributed by atoms with van der Waals surface area (Å²) in [5.74, 6) is -0.487. The maximum Gasteiger partial charge on any atom is 0.416 e. The summed E-state index contributed by atoms with van der Waals surface area (Å²) in [7, 11) is 1.27. The molecule has 0 amide bonds. The number of halogens is 3. The third-order valence-electron chi connectivity index (χ3n) is 2.83. The molecule has 0 spiro atoms. The van der Waals surface area contributed by atoms with Crippen LogP contribution in [0.4, 0.5) is 13.2 Å². The molecule has 0 bridgehead atoms. The molecule has 0 aliphatic rings. The molecule has 104 valence electrons. The minimum atomic E-state index is -4.35. The van der Waals surface area contributed by atoms with Crippen molar-refractivity contribution in [2.45, 2.75) is 6.18 Å². The SMILES string of the molecule is COC(=O)c1cccc(-c2ccc(C(F)(F)F)cc2)c1. The molecular weight excluding hydrogens is 269 g/mol. The van der Waals surface area contributed by atoms with E-state index >= 15 is 0 Å². The molecule has 5 heteroatoms. The van der Waals surface area contributed by atoms with Gasteiger partial charge in [0, 0.05) is 0 Å². The van der Waals surface area contributed by atoms with Crippen LogP contribution in [-0.4, -0.2) is 13.1 Å². The summed E-state index contributed by atoms with van der Waals surface area (Å²) in [4.78, 5) is 11.4. The van der Waals surface area contributed by atoms with E-state index in [4.69, 9.17) is 0 Å². The third kappa shape index (κ3) is 2.99. The molecule has 2 nitrogen and oxygen atoms in total. The first kappa shape index (κ1) is 14.1. The normalized spacial score (nSPS) is 11.2. The van der Waals surface area contributed by atoms with Crippen molar-refractivity contribution in [2.75, 3.05) is 7.11 Å². The summed E-state index contributed by atoms with van der Waals surface area (Å²) in [5, 5.41) is 0. The van der Waals surface area contributed by atoms with Crippen LogP contribution in [0.5, 0.6) is 0 Å². The molecule has 0 N–H and O–H groups in total. The van der Waals surface area contributed by atoms with E-state index in [9.17, 15) is 18.0 Å². The molecule has 0 unspecified atom stereocenters. The Bertz CT molecular complexity index is 616. The van der Waals surface area contributed by atoms with Gasteiger partial charge < -0.3 is 4.74 Å². The second kappa shape index (κ2) is 5.36. The van der Waals surface area contributed by atoms with Crippen molar-refractivity contribution in [3.8, 4) is 11.1 Å². The number of carbonyl (C=O) groups excluding carboxylic acids is 1. The van der Waals surface area contributed by atoms with Crippen molar-refractivity contribution in [1.82, 2.24) is 0 Å². The number of esters is 1. The van der Waals surface area contributed by atoms with Crippen molar-refractivity contribution in [1.29, 1.82) is 0 Å². The van der Waals surface area contributed by atoms with Gasteiger partial charge in [-0.2, -0.15) is 13.2 Å². The standard InChI is InChI=1S/C15H11F3O2/c1-20-14(19)12-4-2-3-11(9-12)10-5-7-13(8-6-10)15(16,17)18/h2-9H,1H3. The lowest BCUT2D eigenvalue weighted by atomic mass is 10.0. The topological polar surface area (TPSA) is 26.3 Å². The highest BCUT2D eigenvalue weighted by atomic mass is 19.4. The maximum absolute atomic E-state index is 12.5. The molecule has 0 heterocycles. The summed E-state index contributed by atoms with van der Waals surface area (Å²) < 4.78 is 42.0. The lowest BCUT2D eigenvalue weighted by Crippen LogP contribution is -2.04. The lowest BCUT2D eigenvalue weighted by molar-refractivity contribution is -0.137. The fourth-order valence-corrected chi connectivity index (χ4v) is 1.80. The van der Waals surface area contributed by atoms with E-state index in [2.05, 4.69) is 4.74 Å². The van der Waals surface area contributed by atoms with Crippen molar-refractivity contribution in [3.05, 3.63) is 59.7 Å². The fourth-order valence-electron chi connectivity index (χ4n) is 1.80. The Kier molecular flexibility index (Phi) is 3.79. The molecule has 0 aromatic heterocycles. The Balaban J connectivity index is 2.35. The second-order valence-corrected chi connectivity index (χ2v) is 4.15. The molecule has 0 radical (unpaired) electrons. The van der Waals surface area contributed by atoms with Gasteiger partial charge >= 0.3 is 12.1 Å². The predicted octanol–water partition coefficient (Wildman–Crippen LogP) is 4.16. The van der Waals surface area contributed by atoms with E-state index < -0.39 is 17.7 Å². The van der Waals surface area contributed by atoms with Crippen LogP contribution in [0.2, 0.25) is 0 Å². The van der Waals surface area contributed by atoms with Gasteiger partial charge in [-0.05, 0) is 35.4 Å². The molecule has 0 atom stereocenters. The van der Waals surface area contributed by atoms with Crippen LogP contribution in [0.25, 0.3) is 11.1 Å². The van der Waals surface area contributed by atoms with E-state index in [1.807, 2.05) is 0 Å². The van der Waals surface area contributed by atoms with Crippen LogP contribution in [0.15, 0.2) is 48.5 Å². The highest BCUT2D eigenvalue weighted by Gasteiger charge is 2.29. The average molecular weight is 280 g/mol. The van der Waals surface area contributed by atoms with Crippen LogP contribution in [-0.2, 0) is 10.9 Å². The summed E-state index contributed by atoms with van der Waals surface area (Å²) >= 11 is 0. The van der Waals surface area contributed by atoms with Crippen LogP contribution < -0.4 is 0 Å². The molecule has 20 heavy (non-hydrogen) atoms. The summed E-state index contributed by atoms with van der Waals surface area (Å²) in [6.07, 6.45) is -4.35. The highest BCUT2D eigenvalue weighted by molar-refractivity contribution is 5.90. The summed E-state index contributed by atoms with van der Waals surface area (Å²) in [6.45, 7) is 0. The number of hydrogen-bond donors (Lipinski definition) is 0. The fraction of sp³-hybridized carbons (Fsp3) is 0.133. The van der Waals surface area contributed by atoms with Crippen LogP contribution in [0.3, 0.4) is 0 Å². The Morgan fingerprint density at radius 1 is 1.00 bits per heavy atom. The van der Waals surface area contributed by atoms with E-state index in [-0.39, 0.29) is 0 Å². The van der Waals surface area contributed by atoms with E-state index in [0.717, 1.165) is 12.1 Å². The first-order valence-electron chi connectivity index (χ1n) is 5.78. The van der Waals surface area contributed by atoms with Crippen molar-refractivity contribution in [3.63, 3.8) is 0 Å². The van der Waals surface area contributed by atoms with Crippen LogP contribution >= 0.6 is 0 Å². The van der Waals surface area contributed by atoms with Gasteiger partial charge in [0.2, 0.25) is 0 Å². The number of methoxy groups -OCH3 is 1. The molecule has 0 fully saturated rings. The molecule has 0 aliphatic carbocycles. The van der Waals surface area contributed by atoms with Gasteiger partial charge in [0.05, 0.1) is 18.2 Å². The van der Waals surface area contributed by atoms with Crippen molar-refractivity contribution < 1.29 is 22.7 Å². The Labute approximate surface area is 113 Å². The maximum atomic E-state index is 12.5. The van der Waals surface area contributed by atoms with E-state index in [1.54, 1.807) is 24.3 Å². The van der Waals surface area contributed by atoms with Crippen molar-refractivity contribution in [2.24, 2.45) is 0 Å². The molecule has 2 aromatic carbocycles. The quantitative estimate of drug-likeness (QED) is 0.772. The molecule has 0 saturated carbocycles. The average Bonchev–Trinajstić information content (AvgIpc) is 2.46. The van der Waals surface area contributed by atoms with E-state index in [0.29, 0.717) is 16.7 Å². The molecular formula is C15H11F3O2. The smallest absolute Gasteiger partial charge is 0.416 e. The van der Waals surface area contributed by atoms with Gasteiger partial charge in [0.15, 0.2) is 0 Å². The summed E-state index contributed by atoms with van der Waals surface area (Å²) in [5.41, 5.74) is 0.903. The number of alkyl halides is 3. The number of benzene rings is 2. The largest absolute Gasteiger partial charge is 0.465 e. The monoisotopic (exact) mass is 280 g/mol. The minimum absolute atomic E-state index is 0.352. The van der Waals surface area contributed by atoms with Gasteiger partial charge in [0.1, 0.15) is 0 Å². The van der Waals surface area contributed by atoms with Gasteiger partial charge in [0.25, 0.3) is 0 Å². The molecule has 2 aromatic rings. The Hall–Kier alpha value is -2.30. The summed E-state index contributed by atoms with van der Waals surface area (Å²) in [6, 6.07) is 11.3. The molecule has 2 rings (SSSR count). The first-order valence-corrected chi connectivity index (χ1v) is 5.78. The first-order chi connectivity index (χ1) is 9.41. The lowest BCUT2D eigenvalue weighted by Gasteiger charge is -2.08. The van der Waals surface area contributed by atoms with Gasteiger partial charge in [-0.1, -0.05) is 24.3 Å². The number of carbonyl (C=O) groups is 1. The van der Waals surface area contributed by atoms with E-state index in [1.165, 1.54) is 19.2 Å². The van der Waals surface area contributed by atoms with Crippen LogP contribution in [0.1, 0.15) is 15.9 Å². The van der Waals surface area contributed by atoms with Crippen LogP contribution in [0, 0.1) is 0 Å². The Morgan fingerprint density at radius 2 is 1.65 bits per heavy atom. The Morgan fingerprint density at radius 3 is 2.20 bits per heavy atom. The zero-order chi connectivity index (χ0) is 14.8. The zero-order valence-electron chi connectivity index (χ0n) is 10.6. The third-order valence-corrected chi connectivity index (χ3v) is 2.83. The highest BCUT2D eigenvalue weighted by Crippen LogP contribution is 2.31. The predicted molar refractivity (Wildman–Crippen MR) is 68.2 cm³/mol. The molecule has 0 saturated heterocycles. The second-order valence-electron chi connectivity index (χ2n) is 4.15. The number of ether oxygens (including phenoxy) is 1. The number of hydrogen-bond acceptors (Lipinski definition) is 2. The minimum Gasteiger partial charge on any atom is -0.465 e. The number of rotatable bonds is 2. The van der Waals surface area contributed by atoms with Crippen molar-refractivity contribution >= 4 is 5.97 Å². The van der Waals surface area contributed by atoms with Gasteiger partial charge in [-0.3, -0.25) is 0 Å². The van der Waals surface area contributed by atoms with Gasteiger partial charge in [-0.25, -0.2) is 4.79 Å². The molecule has 0 aliphatic heterocycles. The zero-order valence-corrected chi connectivity index (χ0v) is 10.6.